The smallest absolute Gasteiger partial charge is 0.270 e. The second-order valence-electron chi connectivity index (χ2n) is 5.61. The van der Waals surface area contributed by atoms with E-state index >= 15 is 0 Å². The fourth-order valence-corrected chi connectivity index (χ4v) is 4.06. The SMILES string of the molecule is O=C1/C(=C\c2cccn2-c2ccccc2F)SC(=S)N1c1ccccc1. The van der Waals surface area contributed by atoms with Crippen molar-refractivity contribution in [2.45, 2.75) is 0 Å². The highest BCUT2D eigenvalue weighted by atomic mass is 32.2. The summed E-state index contributed by atoms with van der Waals surface area (Å²) in [4.78, 5) is 14.8. The first-order chi connectivity index (χ1) is 12.6. The van der Waals surface area contributed by atoms with Gasteiger partial charge in [-0.1, -0.05) is 54.3 Å². The van der Waals surface area contributed by atoms with Gasteiger partial charge in [0.1, 0.15) is 5.82 Å². The van der Waals surface area contributed by atoms with Gasteiger partial charge in [0.2, 0.25) is 0 Å². The molecule has 1 fully saturated rings. The van der Waals surface area contributed by atoms with Gasteiger partial charge in [0.25, 0.3) is 5.91 Å². The highest BCUT2D eigenvalue weighted by Gasteiger charge is 2.33. The lowest BCUT2D eigenvalue weighted by Crippen LogP contribution is -2.27. The summed E-state index contributed by atoms with van der Waals surface area (Å²) in [6.45, 7) is 0. The number of aromatic nitrogens is 1. The van der Waals surface area contributed by atoms with E-state index in [9.17, 15) is 9.18 Å². The summed E-state index contributed by atoms with van der Waals surface area (Å²) in [7, 11) is 0. The van der Waals surface area contributed by atoms with Crippen molar-refractivity contribution in [2.75, 3.05) is 4.90 Å². The van der Waals surface area contributed by atoms with Crippen LogP contribution in [-0.2, 0) is 4.79 Å². The Morgan fingerprint density at radius 3 is 2.46 bits per heavy atom. The molecule has 0 aliphatic carbocycles. The van der Waals surface area contributed by atoms with Crippen LogP contribution in [0, 0.1) is 5.82 Å². The molecular formula is C20H13FN2OS2. The van der Waals surface area contributed by atoms with Gasteiger partial charge in [-0.2, -0.15) is 0 Å². The molecule has 1 aromatic heterocycles. The number of hydrogen-bond donors (Lipinski definition) is 0. The Balaban J connectivity index is 1.71. The lowest BCUT2D eigenvalue weighted by atomic mass is 10.2. The average molecular weight is 380 g/mol. The molecule has 3 nitrogen and oxygen atoms in total. The van der Waals surface area contributed by atoms with E-state index in [-0.39, 0.29) is 11.7 Å². The van der Waals surface area contributed by atoms with E-state index in [1.54, 1.807) is 35.0 Å². The molecule has 128 valence electrons. The molecule has 0 N–H and O–H groups in total. The molecule has 1 amide bonds. The summed E-state index contributed by atoms with van der Waals surface area (Å²) in [6, 6.07) is 19.5. The number of carbonyl (C=O) groups is 1. The summed E-state index contributed by atoms with van der Waals surface area (Å²) in [5, 5.41) is 0. The van der Waals surface area contributed by atoms with Gasteiger partial charge in [-0.25, -0.2) is 4.39 Å². The standard InChI is InChI=1S/C20H13FN2OS2/c21-16-10-4-5-11-17(16)22-12-6-9-15(22)13-18-19(24)23(20(25)26-18)14-7-2-1-3-8-14/h1-13H/b18-13+. The number of rotatable bonds is 3. The van der Waals surface area contributed by atoms with Gasteiger partial charge in [-0.3, -0.25) is 9.69 Å². The molecule has 0 unspecified atom stereocenters. The lowest BCUT2D eigenvalue weighted by Gasteiger charge is -2.13. The molecule has 1 aliphatic rings. The van der Waals surface area contributed by atoms with Crippen molar-refractivity contribution in [2.24, 2.45) is 0 Å². The number of carbonyl (C=O) groups excluding carboxylic acids is 1. The number of anilines is 1. The second-order valence-corrected chi connectivity index (χ2v) is 7.28. The summed E-state index contributed by atoms with van der Waals surface area (Å²) >= 11 is 6.62. The van der Waals surface area contributed by atoms with Gasteiger partial charge < -0.3 is 4.57 Å². The predicted octanol–water partition coefficient (Wildman–Crippen LogP) is 5.02. The van der Waals surface area contributed by atoms with E-state index in [0.717, 1.165) is 5.69 Å². The molecule has 0 bridgehead atoms. The highest BCUT2D eigenvalue weighted by Crippen LogP contribution is 2.36. The molecule has 0 radical (unpaired) electrons. The molecule has 4 rings (SSSR count). The Kier molecular flexibility index (Phi) is 4.44. The number of halogens is 1. The molecule has 1 saturated heterocycles. The first kappa shape index (κ1) is 16.8. The van der Waals surface area contributed by atoms with Gasteiger partial charge in [0, 0.05) is 11.9 Å². The third-order valence-electron chi connectivity index (χ3n) is 3.98. The molecule has 2 heterocycles. The largest absolute Gasteiger partial charge is 0.314 e. The van der Waals surface area contributed by atoms with E-state index in [4.69, 9.17) is 12.2 Å². The van der Waals surface area contributed by atoms with Gasteiger partial charge >= 0.3 is 0 Å². The van der Waals surface area contributed by atoms with Crippen LogP contribution in [0.15, 0.2) is 77.8 Å². The molecular weight excluding hydrogens is 367 g/mol. The van der Waals surface area contributed by atoms with Crippen molar-refractivity contribution >= 4 is 46.0 Å². The van der Waals surface area contributed by atoms with Crippen molar-refractivity contribution in [3.05, 3.63) is 89.3 Å². The number of benzene rings is 2. The van der Waals surface area contributed by atoms with Gasteiger partial charge in [0.15, 0.2) is 4.32 Å². The number of nitrogens with zero attached hydrogens (tertiary/aromatic N) is 2. The fourth-order valence-electron chi connectivity index (χ4n) is 2.78. The zero-order chi connectivity index (χ0) is 18.1. The zero-order valence-corrected chi connectivity index (χ0v) is 15.1. The third kappa shape index (κ3) is 2.98. The number of amides is 1. The number of thiocarbonyl (C=S) groups is 1. The summed E-state index contributed by atoms with van der Waals surface area (Å²) in [6.07, 6.45) is 3.51. The molecule has 6 heteroatoms. The van der Waals surface area contributed by atoms with Crippen molar-refractivity contribution in [1.29, 1.82) is 0 Å². The average Bonchev–Trinajstić information content (AvgIpc) is 3.21. The van der Waals surface area contributed by atoms with Crippen LogP contribution < -0.4 is 4.90 Å². The molecule has 26 heavy (non-hydrogen) atoms. The maximum absolute atomic E-state index is 14.1. The van der Waals surface area contributed by atoms with Crippen LogP contribution in [0.4, 0.5) is 10.1 Å². The number of para-hydroxylation sites is 2. The number of thioether (sulfide) groups is 1. The van der Waals surface area contributed by atoms with Gasteiger partial charge in [-0.15, -0.1) is 0 Å². The summed E-state index contributed by atoms with van der Waals surface area (Å²) in [5.41, 5.74) is 1.88. The maximum Gasteiger partial charge on any atom is 0.270 e. The van der Waals surface area contributed by atoms with E-state index in [1.807, 2.05) is 42.5 Å². The Labute approximate surface area is 159 Å². The molecule has 2 aromatic carbocycles. The van der Waals surface area contributed by atoms with Crippen LogP contribution in [0.2, 0.25) is 0 Å². The minimum absolute atomic E-state index is 0.174. The zero-order valence-electron chi connectivity index (χ0n) is 13.5. The van der Waals surface area contributed by atoms with Crippen molar-refractivity contribution in [3.8, 4) is 5.69 Å². The monoisotopic (exact) mass is 380 g/mol. The fraction of sp³-hybridized carbons (Fsp3) is 0. The van der Waals surface area contributed by atoms with Gasteiger partial charge in [0.05, 0.1) is 16.3 Å². The molecule has 3 aromatic rings. The Morgan fingerprint density at radius 1 is 0.962 bits per heavy atom. The van der Waals surface area contributed by atoms with Crippen molar-refractivity contribution < 1.29 is 9.18 Å². The first-order valence-corrected chi connectivity index (χ1v) is 9.13. The van der Waals surface area contributed by atoms with Crippen LogP contribution in [0.1, 0.15) is 5.69 Å². The minimum Gasteiger partial charge on any atom is -0.314 e. The predicted molar refractivity (Wildman–Crippen MR) is 108 cm³/mol. The highest BCUT2D eigenvalue weighted by molar-refractivity contribution is 8.27. The Bertz CT molecular complexity index is 1030. The first-order valence-electron chi connectivity index (χ1n) is 7.90. The topological polar surface area (TPSA) is 25.2 Å². The van der Waals surface area contributed by atoms with E-state index in [2.05, 4.69) is 0 Å². The van der Waals surface area contributed by atoms with E-state index < -0.39 is 0 Å². The van der Waals surface area contributed by atoms with E-state index in [0.29, 0.717) is 20.6 Å². The van der Waals surface area contributed by atoms with Crippen molar-refractivity contribution in [3.63, 3.8) is 0 Å². The Hall–Kier alpha value is -2.70. The van der Waals surface area contributed by atoms with E-state index in [1.165, 1.54) is 22.7 Å². The molecule has 0 atom stereocenters. The van der Waals surface area contributed by atoms with Crippen molar-refractivity contribution in [1.82, 2.24) is 4.57 Å². The lowest BCUT2D eigenvalue weighted by molar-refractivity contribution is -0.113. The van der Waals surface area contributed by atoms with Crippen LogP contribution in [0.3, 0.4) is 0 Å². The Morgan fingerprint density at radius 2 is 1.69 bits per heavy atom. The number of hydrogen-bond acceptors (Lipinski definition) is 3. The quantitative estimate of drug-likeness (QED) is 0.471. The second kappa shape index (κ2) is 6.90. The maximum atomic E-state index is 14.1. The summed E-state index contributed by atoms with van der Waals surface area (Å²) in [5.74, 6) is -0.498. The molecule has 0 spiro atoms. The molecule has 0 saturated carbocycles. The van der Waals surface area contributed by atoms with Crippen LogP contribution >= 0.6 is 24.0 Å². The van der Waals surface area contributed by atoms with Crippen LogP contribution in [0.25, 0.3) is 11.8 Å². The minimum atomic E-state index is -0.324. The van der Waals surface area contributed by atoms with Gasteiger partial charge in [-0.05, 0) is 42.5 Å². The van der Waals surface area contributed by atoms with Crippen LogP contribution in [0.5, 0.6) is 0 Å². The third-order valence-corrected chi connectivity index (χ3v) is 5.28. The molecule has 1 aliphatic heterocycles. The summed E-state index contributed by atoms with van der Waals surface area (Å²) < 4.78 is 16.3. The van der Waals surface area contributed by atoms with Crippen LogP contribution in [-0.4, -0.2) is 14.8 Å². The normalized spacial score (nSPS) is 15.9.